The van der Waals surface area contributed by atoms with E-state index in [1.807, 2.05) is 32.2 Å². The molecule has 1 N–H and O–H groups in total. The van der Waals surface area contributed by atoms with E-state index in [1.165, 1.54) is 12.1 Å². The zero-order valence-corrected chi connectivity index (χ0v) is 17.6. The molecule has 0 spiro atoms. The lowest BCUT2D eigenvalue weighted by Crippen LogP contribution is -2.13. The van der Waals surface area contributed by atoms with Gasteiger partial charge in [-0.2, -0.15) is 13.9 Å². The molecule has 0 bridgehead atoms. The number of fused-ring (bicyclic) bond motifs is 1. The van der Waals surface area contributed by atoms with Crippen molar-refractivity contribution in [2.24, 2.45) is 0 Å². The van der Waals surface area contributed by atoms with Gasteiger partial charge in [0.05, 0.1) is 21.1 Å². The maximum Gasteiger partial charge on any atom is 0.387 e. The summed E-state index contributed by atoms with van der Waals surface area (Å²) in [6, 6.07) is 6.44. The third-order valence-corrected chi connectivity index (χ3v) is 5.20. The van der Waals surface area contributed by atoms with Crippen LogP contribution in [0.15, 0.2) is 45.9 Å². The minimum absolute atomic E-state index is 0.124. The minimum atomic E-state index is -2.99. The van der Waals surface area contributed by atoms with Crippen molar-refractivity contribution in [3.8, 4) is 11.6 Å². The number of pyridine rings is 1. The number of halogens is 3. The van der Waals surface area contributed by atoms with Crippen LogP contribution in [0.1, 0.15) is 22.6 Å². The molecule has 0 aliphatic carbocycles. The fourth-order valence-electron chi connectivity index (χ4n) is 2.97. The summed E-state index contributed by atoms with van der Waals surface area (Å²) in [5.74, 6) is 0.995. The quantitative estimate of drug-likeness (QED) is 0.470. The molecule has 0 amide bonds. The van der Waals surface area contributed by atoms with Gasteiger partial charge in [-0.05, 0) is 59.1 Å². The Morgan fingerprint density at radius 3 is 2.70 bits per heavy atom. The lowest BCUT2D eigenvalue weighted by Gasteiger charge is -2.09. The summed E-state index contributed by atoms with van der Waals surface area (Å²) in [4.78, 5) is 24.0. The number of aromatic nitrogens is 5. The van der Waals surface area contributed by atoms with Crippen LogP contribution in [0.2, 0.25) is 0 Å². The molecule has 7 nitrogen and oxygen atoms in total. The number of nitrogens with zero attached hydrogens (tertiary/aromatic N) is 4. The topological polar surface area (TPSA) is 85.7 Å². The van der Waals surface area contributed by atoms with E-state index in [2.05, 4.69) is 40.7 Å². The lowest BCUT2D eigenvalue weighted by molar-refractivity contribution is -0.0502. The second kappa shape index (κ2) is 7.94. The molecule has 3 heterocycles. The second-order valence-electron chi connectivity index (χ2n) is 6.73. The van der Waals surface area contributed by atoms with Gasteiger partial charge in [0.15, 0.2) is 5.82 Å². The van der Waals surface area contributed by atoms with Crippen molar-refractivity contribution in [3.63, 3.8) is 0 Å². The van der Waals surface area contributed by atoms with Crippen LogP contribution in [0, 0.1) is 13.8 Å². The predicted molar refractivity (Wildman–Crippen MR) is 110 cm³/mol. The zero-order valence-electron chi connectivity index (χ0n) is 16.0. The van der Waals surface area contributed by atoms with E-state index in [9.17, 15) is 13.6 Å². The van der Waals surface area contributed by atoms with Gasteiger partial charge in [0.2, 0.25) is 0 Å². The highest BCUT2D eigenvalue weighted by molar-refractivity contribution is 9.10. The van der Waals surface area contributed by atoms with Crippen molar-refractivity contribution >= 4 is 26.8 Å². The van der Waals surface area contributed by atoms with Gasteiger partial charge in [-0.1, -0.05) is 6.07 Å². The van der Waals surface area contributed by atoms with Gasteiger partial charge in [0.25, 0.3) is 5.56 Å². The average molecular weight is 476 g/mol. The summed E-state index contributed by atoms with van der Waals surface area (Å²) >= 11 is 3.17. The van der Waals surface area contributed by atoms with E-state index in [1.54, 1.807) is 10.9 Å². The lowest BCUT2D eigenvalue weighted by atomic mass is 10.2. The summed E-state index contributed by atoms with van der Waals surface area (Å²) in [7, 11) is 0. The number of aryl methyl sites for hydroxylation is 2. The van der Waals surface area contributed by atoms with Gasteiger partial charge in [0, 0.05) is 18.8 Å². The monoisotopic (exact) mass is 475 g/mol. The van der Waals surface area contributed by atoms with Gasteiger partial charge in [-0.3, -0.25) is 4.79 Å². The van der Waals surface area contributed by atoms with Crippen molar-refractivity contribution < 1.29 is 13.5 Å². The predicted octanol–water partition coefficient (Wildman–Crippen LogP) is 4.08. The van der Waals surface area contributed by atoms with Crippen molar-refractivity contribution in [2.45, 2.75) is 26.9 Å². The Bertz CT molecular complexity index is 1270. The maximum absolute atomic E-state index is 12.5. The van der Waals surface area contributed by atoms with Crippen LogP contribution in [0.25, 0.3) is 16.7 Å². The Morgan fingerprint density at radius 1 is 1.27 bits per heavy atom. The van der Waals surface area contributed by atoms with Crippen molar-refractivity contribution in [1.29, 1.82) is 0 Å². The molecule has 0 fully saturated rings. The molecular weight excluding hydrogens is 460 g/mol. The first-order chi connectivity index (χ1) is 14.3. The highest BCUT2D eigenvalue weighted by Gasteiger charge is 2.13. The second-order valence-corrected chi connectivity index (χ2v) is 7.59. The highest BCUT2D eigenvalue weighted by Crippen LogP contribution is 2.29. The SMILES string of the molecule is Cc1cn(-c2ccc(Cc3nc4cc(Br)c(OC(F)F)cc4c(=O)[nH]3)cn2)nc1C. The van der Waals surface area contributed by atoms with Crippen LogP contribution in [0.5, 0.6) is 5.75 Å². The van der Waals surface area contributed by atoms with Crippen LogP contribution < -0.4 is 10.3 Å². The van der Waals surface area contributed by atoms with Crippen LogP contribution >= 0.6 is 15.9 Å². The van der Waals surface area contributed by atoms with Crippen LogP contribution in [0.3, 0.4) is 0 Å². The molecule has 4 rings (SSSR count). The fourth-order valence-corrected chi connectivity index (χ4v) is 3.40. The Morgan fingerprint density at radius 2 is 2.07 bits per heavy atom. The largest absolute Gasteiger partial charge is 0.434 e. The van der Waals surface area contributed by atoms with E-state index in [0.29, 0.717) is 23.6 Å². The van der Waals surface area contributed by atoms with Gasteiger partial charge < -0.3 is 9.72 Å². The zero-order chi connectivity index (χ0) is 21.4. The van der Waals surface area contributed by atoms with E-state index < -0.39 is 12.2 Å². The van der Waals surface area contributed by atoms with E-state index in [-0.39, 0.29) is 15.6 Å². The summed E-state index contributed by atoms with van der Waals surface area (Å²) < 4.78 is 31.4. The highest BCUT2D eigenvalue weighted by atomic mass is 79.9. The number of aromatic amines is 1. The van der Waals surface area contributed by atoms with Gasteiger partial charge >= 0.3 is 6.61 Å². The van der Waals surface area contributed by atoms with Crippen molar-refractivity contribution in [3.05, 3.63) is 74.1 Å². The van der Waals surface area contributed by atoms with Gasteiger partial charge in [-0.25, -0.2) is 14.6 Å². The fraction of sp³-hybridized carbons (Fsp3) is 0.200. The molecule has 10 heteroatoms. The molecule has 0 saturated carbocycles. The molecule has 4 aromatic rings. The third kappa shape index (κ3) is 4.09. The van der Waals surface area contributed by atoms with E-state index >= 15 is 0 Å². The molecule has 0 saturated heterocycles. The van der Waals surface area contributed by atoms with Crippen LogP contribution in [-0.4, -0.2) is 31.3 Å². The smallest absolute Gasteiger partial charge is 0.387 e. The first-order valence-corrected chi connectivity index (χ1v) is 9.75. The molecule has 3 aromatic heterocycles. The average Bonchev–Trinajstić information content (AvgIpc) is 3.02. The van der Waals surface area contributed by atoms with Gasteiger partial charge in [0.1, 0.15) is 11.6 Å². The summed E-state index contributed by atoms with van der Waals surface area (Å²) in [6.45, 7) is 0.925. The number of rotatable bonds is 5. The number of H-pyrrole nitrogens is 1. The molecule has 0 aliphatic heterocycles. The molecule has 1 aromatic carbocycles. The van der Waals surface area contributed by atoms with Gasteiger partial charge in [-0.15, -0.1) is 0 Å². The van der Waals surface area contributed by atoms with Crippen LogP contribution in [-0.2, 0) is 6.42 Å². The third-order valence-electron chi connectivity index (χ3n) is 4.58. The summed E-state index contributed by atoms with van der Waals surface area (Å²) in [5, 5.41) is 4.57. The molecule has 0 aliphatic rings. The maximum atomic E-state index is 12.5. The standard InChI is InChI=1S/C20H16BrF2N5O2/c1-10-9-28(27-11(10)2)18-4-3-12(8-24-18)5-17-25-15-7-14(21)16(30-20(22)23)6-13(15)19(29)26-17/h3-4,6-9,20H,5H2,1-2H3,(H,25,26,29). The van der Waals surface area contributed by atoms with E-state index in [4.69, 9.17) is 0 Å². The number of ether oxygens (including phenoxy) is 1. The molecule has 0 radical (unpaired) electrons. The van der Waals surface area contributed by atoms with Crippen molar-refractivity contribution in [2.75, 3.05) is 0 Å². The van der Waals surface area contributed by atoms with Crippen molar-refractivity contribution in [1.82, 2.24) is 24.7 Å². The number of hydrogen-bond donors (Lipinski definition) is 1. The number of benzene rings is 1. The Labute approximate surface area is 177 Å². The number of nitrogens with one attached hydrogen (secondary N) is 1. The Kier molecular flexibility index (Phi) is 5.33. The first kappa shape index (κ1) is 20.1. The number of hydrogen-bond acceptors (Lipinski definition) is 5. The molecule has 154 valence electrons. The minimum Gasteiger partial charge on any atom is -0.434 e. The molecule has 0 unspecified atom stereocenters. The van der Waals surface area contributed by atoms with E-state index in [0.717, 1.165) is 16.8 Å². The number of alkyl halides is 2. The first-order valence-electron chi connectivity index (χ1n) is 8.95. The Hall–Kier alpha value is -3.14. The van der Waals surface area contributed by atoms with Crippen LogP contribution in [0.4, 0.5) is 8.78 Å². The molecule has 30 heavy (non-hydrogen) atoms. The Balaban J connectivity index is 1.61. The summed E-state index contributed by atoms with van der Waals surface area (Å²) in [6.07, 6.45) is 3.95. The normalized spacial score (nSPS) is 11.4. The molecule has 0 atom stereocenters. The molecular formula is C20H16BrF2N5O2. The summed E-state index contributed by atoms with van der Waals surface area (Å²) in [5.41, 5.74) is 2.79.